The molecule has 186 valence electrons. The summed E-state index contributed by atoms with van der Waals surface area (Å²) in [5, 5.41) is 0. The molecule has 1 aromatic rings. The van der Waals surface area contributed by atoms with Gasteiger partial charge in [0.25, 0.3) is 15.6 Å². The van der Waals surface area contributed by atoms with Crippen LogP contribution in [0.15, 0.2) is 0 Å². The van der Waals surface area contributed by atoms with Crippen LogP contribution in [-0.4, -0.2) is 87.5 Å². The molecule has 12 nitrogen and oxygen atoms in total. The maximum Gasteiger partial charge on any atom is 0.268 e. The lowest BCUT2D eigenvalue weighted by Crippen LogP contribution is -2.37. The molecule has 0 aliphatic heterocycles. The first-order valence-corrected chi connectivity index (χ1v) is 13.0. The van der Waals surface area contributed by atoms with Crippen molar-refractivity contribution in [3.05, 3.63) is 22.8 Å². The molecule has 32 heavy (non-hydrogen) atoms. The van der Waals surface area contributed by atoms with Crippen LogP contribution in [0.3, 0.4) is 0 Å². The van der Waals surface area contributed by atoms with Gasteiger partial charge in [0.1, 0.15) is 26.3 Å². The number of hydrogen-bond donors (Lipinski definition) is 0. The zero-order chi connectivity index (χ0) is 24.8. The Morgan fingerprint density at radius 1 is 0.688 bits per heavy atom. The van der Waals surface area contributed by atoms with Crippen molar-refractivity contribution in [1.82, 2.24) is 9.97 Å². The fraction of sp³-hybridized carbons (Fsp3) is 0.778. The molecule has 2 unspecified atom stereocenters. The molecule has 1 heterocycles. The van der Waals surface area contributed by atoms with Crippen molar-refractivity contribution in [2.75, 3.05) is 68.6 Å². The van der Waals surface area contributed by atoms with E-state index < -0.39 is 15.6 Å². The van der Waals surface area contributed by atoms with Gasteiger partial charge >= 0.3 is 0 Å². The van der Waals surface area contributed by atoms with Gasteiger partial charge in [0.05, 0.1) is 78.3 Å². The highest BCUT2D eigenvalue weighted by molar-refractivity contribution is 7.46. The number of phosphoric acid groups is 2. The van der Waals surface area contributed by atoms with Crippen molar-refractivity contribution in [3.8, 4) is 0 Å². The highest BCUT2D eigenvalue weighted by Gasteiger charge is 2.18. The number of phosphoric ester groups is 2. The van der Waals surface area contributed by atoms with E-state index in [4.69, 9.17) is 18.1 Å². The molecule has 0 aliphatic rings. The van der Waals surface area contributed by atoms with Gasteiger partial charge in [-0.15, -0.1) is 0 Å². The van der Waals surface area contributed by atoms with Gasteiger partial charge in [-0.25, -0.2) is 0 Å². The number of nitrogens with zero attached hydrogens (tertiary/aromatic N) is 4. The molecule has 14 heteroatoms. The number of quaternary nitrogens is 2. The Kier molecular flexibility index (Phi) is 10.6. The standard InChI is InChI=1S/C18H36N4O8P2/c1-15-17(13-29-31(23,24)27-11-9-21(3,4)5)20-16(2)18(19-15)14-30-32(25,26)28-12-10-22(6,7)8/h9-14H2,1-8H3. The van der Waals surface area contributed by atoms with Crippen LogP contribution < -0.4 is 9.79 Å². The van der Waals surface area contributed by atoms with Crippen LogP contribution in [0.25, 0.3) is 0 Å². The molecule has 0 bridgehead atoms. The summed E-state index contributed by atoms with van der Waals surface area (Å²) in [5.74, 6) is 0. The van der Waals surface area contributed by atoms with Crippen molar-refractivity contribution < 1.29 is 46.0 Å². The largest absolute Gasteiger partial charge is 0.756 e. The molecule has 2 atom stereocenters. The van der Waals surface area contributed by atoms with Crippen LogP contribution in [0.4, 0.5) is 0 Å². The summed E-state index contributed by atoms with van der Waals surface area (Å²) in [4.78, 5) is 32.4. The molecule has 0 aliphatic carbocycles. The SMILES string of the molecule is Cc1nc(COP(=O)([O-])OCC[N+](C)(C)C)c(C)nc1COP(=O)([O-])OCC[N+](C)(C)C. The van der Waals surface area contributed by atoms with Gasteiger partial charge in [-0.05, 0) is 13.8 Å². The maximum atomic E-state index is 11.9. The normalized spacial score (nSPS) is 16.6. The third-order valence-corrected chi connectivity index (χ3v) is 6.07. The third kappa shape index (κ3) is 12.5. The Morgan fingerprint density at radius 2 is 1.00 bits per heavy atom. The lowest BCUT2D eigenvalue weighted by molar-refractivity contribution is -0.870. The summed E-state index contributed by atoms with van der Waals surface area (Å²) in [6, 6.07) is 0. The number of likely N-dealkylation sites (N-methyl/N-ethyl adjacent to an activating group) is 2. The average molecular weight is 498 g/mol. The molecule has 0 radical (unpaired) electrons. The summed E-state index contributed by atoms with van der Waals surface area (Å²) in [5.41, 5.74) is 1.35. The first kappa shape index (κ1) is 29.3. The topological polar surface area (TPSA) is 143 Å². The van der Waals surface area contributed by atoms with E-state index in [1.54, 1.807) is 13.8 Å². The Balaban J connectivity index is 2.65. The molecule has 0 saturated heterocycles. The van der Waals surface area contributed by atoms with Crippen LogP contribution in [0.5, 0.6) is 0 Å². The summed E-state index contributed by atoms with van der Waals surface area (Å²) in [6.45, 7) is 3.50. The molecule has 0 spiro atoms. The fourth-order valence-corrected chi connectivity index (χ4v) is 3.50. The van der Waals surface area contributed by atoms with Crippen molar-refractivity contribution in [2.24, 2.45) is 0 Å². The summed E-state index contributed by atoms with van der Waals surface area (Å²) >= 11 is 0. The first-order valence-electron chi connectivity index (χ1n) is 10.0. The second-order valence-corrected chi connectivity index (χ2v) is 12.2. The van der Waals surface area contributed by atoms with Gasteiger partial charge in [0.15, 0.2) is 0 Å². The van der Waals surface area contributed by atoms with E-state index in [9.17, 15) is 18.9 Å². The fourth-order valence-electron chi connectivity index (χ4n) is 2.18. The van der Waals surface area contributed by atoms with Crippen LogP contribution >= 0.6 is 15.6 Å². The quantitative estimate of drug-likeness (QED) is 0.263. The van der Waals surface area contributed by atoms with Crippen LogP contribution in [0.1, 0.15) is 22.8 Å². The second kappa shape index (κ2) is 11.6. The second-order valence-electron chi connectivity index (χ2n) is 9.42. The van der Waals surface area contributed by atoms with Crippen molar-refractivity contribution in [1.29, 1.82) is 0 Å². The minimum Gasteiger partial charge on any atom is -0.756 e. The van der Waals surface area contributed by atoms with Gasteiger partial charge in [-0.2, -0.15) is 0 Å². The zero-order valence-electron chi connectivity index (χ0n) is 20.2. The van der Waals surface area contributed by atoms with Crippen LogP contribution in [0, 0.1) is 13.8 Å². The summed E-state index contributed by atoms with van der Waals surface area (Å²) < 4.78 is 44.5. The maximum absolute atomic E-state index is 11.9. The number of hydrogen-bond acceptors (Lipinski definition) is 10. The van der Waals surface area contributed by atoms with Crippen LogP contribution in [-0.2, 0) is 40.4 Å². The summed E-state index contributed by atoms with van der Waals surface area (Å²) in [7, 11) is 2.48. The molecule has 0 N–H and O–H groups in total. The number of aromatic nitrogens is 2. The molecule has 0 saturated carbocycles. The molecular weight excluding hydrogens is 462 g/mol. The van der Waals surface area contributed by atoms with E-state index in [2.05, 4.69) is 9.97 Å². The lowest BCUT2D eigenvalue weighted by atomic mass is 10.2. The number of rotatable bonds is 14. The van der Waals surface area contributed by atoms with E-state index in [1.165, 1.54) is 0 Å². The first-order chi connectivity index (χ1) is 14.4. The predicted molar refractivity (Wildman–Crippen MR) is 114 cm³/mol. The number of aryl methyl sites for hydroxylation is 2. The third-order valence-electron chi connectivity index (χ3n) is 4.18. The van der Waals surface area contributed by atoms with Gasteiger partial charge in [0.2, 0.25) is 0 Å². The van der Waals surface area contributed by atoms with E-state index >= 15 is 0 Å². The monoisotopic (exact) mass is 498 g/mol. The molecule has 0 fully saturated rings. The molecule has 1 rings (SSSR count). The highest BCUT2D eigenvalue weighted by Crippen LogP contribution is 2.40. The average Bonchev–Trinajstić information content (AvgIpc) is 2.58. The molecular formula is C18H36N4O8P2. The van der Waals surface area contributed by atoms with Crippen molar-refractivity contribution in [2.45, 2.75) is 27.1 Å². The molecule has 1 aromatic heterocycles. The van der Waals surface area contributed by atoms with Crippen molar-refractivity contribution >= 4 is 15.6 Å². The minimum atomic E-state index is -4.50. The van der Waals surface area contributed by atoms with Crippen molar-refractivity contribution in [3.63, 3.8) is 0 Å². The van der Waals surface area contributed by atoms with E-state index in [-0.39, 0.29) is 26.4 Å². The van der Waals surface area contributed by atoms with Gasteiger partial charge in [-0.3, -0.25) is 19.1 Å². The van der Waals surface area contributed by atoms with Gasteiger partial charge in [0, 0.05) is 0 Å². The Bertz CT molecular complexity index is 785. The Labute approximate surface area is 190 Å². The predicted octanol–water partition coefficient (Wildman–Crippen LogP) is 0.509. The Hall–Kier alpha value is -0.780. The van der Waals surface area contributed by atoms with E-state index in [0.29, 0.717) is 44.8 Å². The highest BCUT2D eigenvalue weighted by atomic mass is 31.2. The van der Waals surface area contributed by atoms with Gasteiger partial charge in [-0.1, -0.05) is 0 Å². The molecule has 0 aromatic carbocycles. The lowest BCUT2D eigenvalue weighted by Gasteiger charge is -2.27. The Morgan fingerprint density at radius 3 is 1.28 bits per heavy atom. The van der Waals surface area contributed by atoms with Crippen LogP contribution in [0.2, 0.25) is 0 Å². The van der Waals surface area contributed by atoms with Gasteiger partial charge < -0.3 is 36.8 Å². The van der Waals surface area contributed by atoms with E-state index in [0.717, 1.165) is 0 Å². The molecule has 0 amide bonds. The zero-order valence-corrected chi connectivity index (χ0v) is 22.0. The minimum absolute atomic E-state index is 0.00364. The summed E-state index contributed by atoms with van der Waals surface area (Å²) in [6.07, 6.45) is 0. The van der Waals surface area contributed by atoms with E-state index in [1.807, 2.05) is 42.3 Å². The smallest absolute Gasteiger partial charge is 0.268 e.